The van der Waals surface area contributed by atoms with Crippen LogP contribution in [0.3, 0.4) is 0 Å². The van der Waals surface area contributed by atoms with Gasteiger partial charge in [-0.25, -0.2) is 0 Å². The number of rotatable bonds is 6. The lowest BCUT2D eigenvalue weighted by molar-refractivity contribution is 0.325. The molecular formula is C28H26ClN3O5S. The SMILES string of the molecule is COc1c(Cl)c2c(c(OC)c1OC)-c1ccc(OC)c(=O)cc1[C@@H](NC(=S)Nc1ccc(C#N)cc1)CC2. The number of nitrogens with zero attached hydrogens (tertiary/aromatic N) is 1. The molecule has 10 heteroatoms. The minimum absolute atomic E-state index is 0.196. The second-order valence-corrected chi connectivity index (χ2v) is 9.21. The Morgan fingerprint density at radius 1 is 1.00 bits per heavy atom. The van der Waals surface area contributed by atoms with E-state index < -0.39 is 0 Å². The molecule has 0 saturated heterocycles. The third kappa shape index (κ3) is 5.05. The molecule has 0 radical (unpaired) electrons. The fraction of sp³-hybridized carbons (Fsp3) is 0.250. The largest absolute Gasteiger partial charge is 0.493 e. The van der Waals surface area contributed by atoms with E-state index >= 15 is 0 Å². The summed E-state index contributed by atoms with van der Waals surface area (Å²) in [6, 6.07) is 13.7. The summed E-state index contributed by atoms with van der Waals surface area (Å²) in [6.45, 7) is 0. The standard InChI is InChI=1S/C28H26ClN3O5S/c1-34-22-12-10-17-19(13-21(22)33)20(32-28(38)31-16-7-5-15(14-30)6-8-16)11-9-18-23(17)25(35-2)27(37-4)26(36-3)24(18)29/h5-8,10,12-13,20H,9,11H2,1-4H3,(H2,31,32,38)/t20-/m0/s1. The summed E-state index contributed by atoms with van der Waals surface area (Å²) in [5, 5.41) is 16.3. The lowest BCUT2D eigenvalue weighted by Gasteiger charge is -2.21. The zero-order chi connectivity index (χ0) is 27.4. The van der Waals surface area contributed by atoms with Crippen LogP contribution in [0.1, 0.15) is 29.2 Å². The number of fused-ring (bicyclic) bond motifs is 3. The van der Waals surface area contributed by atoms with Crippen molar-refractivity contribution < 1.29 is 18.9 Å². The minimum Gasteiger partial charge on any atom is -0.493 e. The monoisotopic (exact) mass is 551 g/mol. The van der Waals surface area contributed by atoms with Gasteiger partial charge in [0, 0.05) is 11.3 Å². The topological polar surface area (TPSA) is 102 Å². The second kappa shape index (κ2) is 11.6. The first-order valence-corrected chi connectivity index (χ1v) is 12.5. The first kappa shape index (κ1) is 27.0. The molecule has 1 aliphatic rings. The number of nitrogens with one attached hydrogen (secondary N) is 2. The fourth-order valence-electron chi connectivity index (χ4n) is 4.64. The van der Waals surface area contributed by atoms with E-state index in [0.717, 1.165) is 16.8 Å². The number of hydrogen-bond donors (Lipinski definition) is 2. The Morgan fingerprint density at radius 3 is 2.29 bits per heavy atom. The molecule has 1 atom stereocenters. The van der Waals surface area contributed by atoms with Gasteiger partial charge in [0.25, 0.3) is 0 Å². The van der Waals surface area contributed by atoms with Crippen molar-refractivity contribution in [2.45, 2.75) is 18.9 Å². The summed E-state index contributed by atoms with van der Waals surface area (Å²) in [5.41, 5.74) is 3.92. The second-order valence-electron chi connectivity index (χ2n) is 8.43. The van der Waals surface area contributed by atoms with E-state index in [-0.39, 0.29) is 17.2 Å². The highest BCUT2D eigenvalue weighted by molar-refractivity contribution is 7.80. The number of halogens is 1. The average molecular weight is 552 g/mol. The van der Waals surface area contributed by atoms with Gasteiger partial charge in [0.15, 0.2) is 22.4 Å². The number of thiocarbonyl (C=S) groups is 1. The van der Waals surface area contributed by atoms with Crippen molar-refractivity contribution in [2.75, 3.05) is 33.8 Å². The van der Waals surface area contributed by atoms with E-state index in [1.165, 1.54) is 21.3 Å². The van der Waals surface area contributed by atoms with Crippen LogP contribution in [0.15, 0.2) is 47.3 Å². The molecule has 0 spiro atoms. The fourth-order valence-corrected chi connectivity index (χ4v) is 5.25. The normalized spacial score (nSPS) is 13.6. The van der Waals surface area contributed by atoms with E-state index in [1.807, 2.05) is 6.07 Å². The van der Waals surface area contributed by atoms with Gasteiger partial charge in [-0.1, -0.05) is 17.7 Å². The Morgan fingerprint density at radius 2 is 1.68 bits per heavy atom. The molecule has 1 aliphatic carbocycles. The van der Waals surface area contributed by atoms with Crippen LogP contribution in [-0.2, 0) is 6.42 Å². The molecule has 4 rings (SSSR count). The highest BCUT2D eigenvalue weighted by Crippen LogP contribution is 2.54. The van der Waals surface area contributed by atoms with Crippen LogP contribution in [0, 0.1) is 11.3 Å². The Hall–Kier alpha value is -4.00. The lowest BCUT2D eigenvalue weighted by Crippen LogP contribution is -2.32. The number of anilines is 1. The number of benzene rings is 2. The summed E-state index contributed by atoms with van der Waals surface area (Å²) < 4.78 is 22.4. The summed E-state index contributed by atoms with van der Waals surface area (Å²) in [7, 11) is 6.03. The van der Waals surface area contributed by atoms with Gasteiger partial charge < -0.3 is 29.6 Å². The van der Waals surface area contributed by atoms with Crippen molar-refractivity contribution >= 4 is 34.6 Å². The molecule has 3 aromatic rings. The molecule has 196 valence electrons. The summed E-state index contributed by atoms with van der Waals surface area (Å²) >= 11 is 12.5. The maximum atomic E-state index is 13.0. The molecule has 8 nitrogen and oxygen atoms in total. The molecule has 0 aromatic heterocycles. The van der Waals surface area contributed by atoms with Crippen LogP contribution < -0.4 is 35.0 Å². The molecule has 0 heterocycles. The molecule has 0 bridgehead atoms. The zero-order valence-corrected chi connectivity index (χ0v) is 22.9. The summed E-state index contributed by atoms with van der Waals surface area (Å²) in [6.07, 6.45) is 1.09. The predicted molar refractivity (Wildman–Crippen MR) is 151 cm³/mol. The number of methoxy groups -OCH3 is 4. The number of nitriles is 1. The van der Waals surface area contributed by atoms with E-state index in [4.69, 9.17) is 48.0 Å². The molecule has 2 N–H and O–H groups in total. The van der Waals surface area contributed by atoms with E-state index in [2.05, 4.69) is 16.7 Å². The molecule has 0 amide bonds. The van der Waals surface area contributed by atoms with Gasteiger partial charge >= 0.3 is 0 Å². The van der Waals surface area contributed by atoms with Gasteiger partial charge in [0.05, 0.1) is 51.1 Å². The summed E-state index contributed by atoms with van der Waals surface area (Å²) in [5.74, 6) is 1.37. The maximum absolute atomic E-state index is 13.0. The van der Waals surface area contributed by atoms with Crippen molar-refractivity contribution in [3.63, 3.8) is 0 Å². The van der Waals surface area contributed by atoms with Crippen molar-refractivity contribution in [2.24, 2.45) is 0 Å². The van der Waals surface area contributed by atoms with E-state index in [0.29, 0.717) is 56.9 Å². The first-order chi connectivity index (χ1) is 18.4. The van der Waals surface area contributed by atoms with Crippen LogP contribution >= 0.6 is 23.8 Å². The van der Waals surface area contributed by atoms with E-state index in [9.17, 15) is 4.79 Å². The van der Waals surface area contributed by atoms with Crippen LogP contribution in [0.4, 0.5) is 5.69 Å². The molecule has 0 unspecified atom stereocenters. The van der Waals surface area contributed by atoms with Crippen LogP contribution in [0.5, 0.6) is 23.0 Å². The lowest BCUT2D eigenvalue weighted by atomic mass is 9.95. The van der Waals surface area contributed by atoms with Gasteiger partial charge in [-0.05, 0) is 78.1 Å². The van der Waals surface area contributed by atoms with Crippen LogP contribution in [0.25, 0.3) is 11.1 Å². The van der Waals surface area contributed by atoms with Crippen molar-refractivity contribution in [3.8, 4) is 40.2 Å². The van der Waals surface area contributed by atoms with Gasteiger partial charge in [-0.2, -0.15) is 5.26 Å². The van der Waals surface area contributed by atoms with Crippen molar-refractivity contribution in [3.05, 3.63) is 74.4 Å². The Kier molecular flexibility index (Phi) is 8.25. The molecule has 38 heavy (non-hydrogen) atoms. The Bertz CT molecular complexity index is 1490. The quantitative estimate of drug-likeness (QED) is 0.398. The minimum atomic E-state index is -0.363. The predicted octanol–water partition coefficient (Wildman–Crippen LogP) is 5.25. The van der Waals surface area contributed by atoms with Crippen molar-refractivity contribution in [1.29, 1.82) is 5.26 Å². The van der Waals surface area contributed by atoms with Gasteiger partial charge in [-0.15, -0.1) is 0 Å². The molecule has 0 aliphatic heterocycles. The van der Waals surface area contributed by atoms with Crippen LogP contribution in [0.2, 0.25) is 5.02 Å². The third-order valence-corrected chi connectivity index (χ3v) is 7.00. The molecule has 0 saturated carbocycles. The van der Waals surface area contributed by atoms with Gasteiger partial charge in [0.1, 0.15) is 0 Å². The Balaban J connectivity index is 1.86. The highest BCUT2D eigenvalue weighted by atomic mass is 35.5. The molecule has 0 fully saturated rings. The highest BCUT2D eigenvalue weighted by Gasteiger charge is 2.32. The third-order valence-electron chi connectivity index (χ3n) is 6.38. The van der Waals surface area contributed by atoms with E-state index in [1.54, 1.807) is 43.5 Å². The summed E-state index contributed by atoms with van der Waals surface area (Å²) in [4.78, 5) is 13.0. The Labute approximate surface area is 231 Å². The number of ether oxygens (including phenoxy) is 4. The zero-order valence-electron chi connectivity index (χ0n) is 21.3. The van der Waals surface area contributed by atoms with Crippen LogP contribution in [-0.4, -0.2) is 33.6 Å². The maximum Gasteiger partial charge on any atom is 0.220 e. The van der Waals surface area contributed by atoms with Gasteiger partial charge in [-0.3, -0.25) is 4.79 Å². The number of hydrogen-bond acceptors (Lipinski definition) is 7. The molecular weight excluding hydrogens is 526 g/mol. The van der Waals surface area contributed by atoms with Gasteiger partial charge in [0.2, 0.25) is 11.2 Å². The smallest absolute Gasteiger partial charge is 0.220 e. The van der Waals surface area contributed by atoms with Crippen molar-refractivity contribution in [1.82, 2.24) is 5.32 Å². The molecule has 3 aromatic carbocycles. The first-order valence-electron chi connectivity index (χ1n) is 11.7. The average Bonchev–Trinajstić information content (AvgIpc) is 3.17.